The van der Waals surface area contributed by atoms with Crippen LogP contribution in [0.5, 0.6) is 0 Å². The SMILES string of the molecule is CCCC1NC(C(C)C)N(C2CCC(CC)CC2)C1=O. The fraction of sp³-hybridized carbons (Fsp3) is 0.941. The summed E-state index contributed by atoms with van der Waals surface area (Å²) in [6.45, 7) is 8.91. The van der Waals surface area contributed by atoms with Crippen molar-refractivity contribution in [1.82, 2.24) is 10.2 Å². The van der Waals surface area contributed by atoms with Gasteiger partial charge in [0, 0.05) is 6.04 Å². The van der Waals surface area contributed by atoms with E-state index in [1.54, 1.807) is 0 Å². The topological polar surface area (TPSA) is 32.3 Å². The molecule has 2 atom stereocenters. The van der Waals surface area contributed by atoms with Gasteiger partial charge in [-0.2, -0.15) is 0 Å². The van der Waals surface area contributed by atoms with Gasteiger partial charge in [0.2, 0.25) is 5.91 Å². The highest BCUT2D eigenvalue weighted by Crippen LogP contribution is 2.33. The summed E-state index contributed by atoms with van der Waals surface area (Å²) >= 11 is 0. The fourth-order valence-electron chi connectivity index (χ4n) is 3.92. The molecule has 1 aliphatic heterocycles. The highest BCUT2D eigenvalue weighted by molar-refractivity contribution is 5.84. The molecule has 3 nitrogen and oxygen atoms in total. The Morgan fingerprint density at radius 2 is 1.85 bits per heavy atom. The molecule has 1 amide bonds. The van der Waals surface area contributed by atoms with E-state index >= 15 is 0 Å². The van der Waals surface area contributed by atoms with E-state index in [9.17, 15) is 4.79 Å². The summed E-state index contributed by atoms with van der Waals surface area (Å²) in [6.07, 6.45) is 8.60. The first-order valence-electron chi connectivity index (χ1n) is 8.66. The molecule has 0 aromatic carbocycles. The van der Waals surface area contributed by atoms with E-state index in [-0.39, 0.29) is 12.2 Å². The Kier molecular flexibility index (Phi) is 5.48. The van der Waals surface area contributed by atoms with Crippen molar-refractivity contribution in [3.05, 3.63) is 0 Å². The summed E-state index contributed by atoms with van der Waals surface area (Å²) in [5, 5.41) is 3.59. The molecule has 0 bridgehead atoms. The molecule has 20 heavy (non-hydrogen) atoms. The van der Waals surface area contributed by atoms with E-state index < -0.39 is 0 Å². The minimum Gasteiger partial charge on any atom is -0.323 e. The van der Waals surface area contributed by atoms with E-state index in [4.69, 9.17) is 0 Å². The van der Waals surface area contributed by atoms with E-state index in [2.05, 4.69) is 37.9 Å². The normalized spacial score (nSPS) is 35.0. The van der Waals surface area contributed by atoms with Gasteiger partial charge >= 0.3 is 0 Å². The quantitative estimate of drug-likeness (QED) is 0.835. The summed E-state index contributed by atoms with van der Waals surface area (Å²) in [6, 6.07) is 0.545. The monoisotopic (exact) mass is 280 g/mol. The van der Waals surface area contributed by atoms with Gasteiger partial charge in [-0.3, -0.25) is 10.1 Å². The lowest BCUT2D eigenvalue weighted by Crippen LogP contribution is -2.48. The van der Waals surface area contributed by atoms with Gasteiger partial charge in [0.1, 0.15) is 0 Å². The molecule has 1 heterocycles. The van der Waals surface area contributed by atoms with Gasteiger partial charge < -0.3 is 4.90 Å². The van der Waals surface area contributed by atoms with Gasteiger partial charge in [0.15, 0.2) is 0 Å². The summed E-state index contributed by atoms with van der Waals surface area (Å²) < 4.78 is 0. The van der Waals surface area contributed by atoms with Gasteiger partial charge in [-0.15, -0.1) is 0 Å². The number of amides is 1. The zero-order chi connectivity index (χ0) is 14.7. The molecule has 116 valence electrons. The third-order valence-electron chi connectivity index (χ3n) is 5.22. The number of hydrogen-bond acceptors (Lipinski definition) is 2. The summed E-state index contributed by atoms with van der Waals surface area (Å²) in [4.78, 5) is 14.9. The predicted molar refractivity (Wildman–Crippen MR) is 83.3 cm³/mol. The highest BCUT2D eigenvalue weighted by Gasteiger charge is 2.43. The van der Waals surface area contributed by atoms with Crippen LogP contribution in [0.25, 0.3) is 0 Å². The Balaban J connectivity index is 2.05. The minimum atomic E-state index is 0.0660. The molecule has 2 aliphatic rings. The maximum Gasteiger partial charge on any atom is 0.241 e. The van der Waals surface area contributed by atoms with Crippen LogP contribution in [0.1, 0.15) is 72.6 Å². The Morgan fingerprint density at radius 1 is 1.20 bits per heavy atom. The minimum absolute atomic E-state index is 0.0660. The van der Waals surface area contributed by atoms with Crippen molar-refractivity contribution in [2.45, 2.75) is 90.9 Å². The third-order valence-corrected chi connectivity index (χ3v) is 5.22. The van der Waals surface area contributed by atoms with Gasteiger partial charge in [-0.1, -0.05) is 40.5 Å². The van der Waals surface area contributed by atoms with E-state index in [0.717, 1.165) is 18.8 Å². The first-order chi connectivity index (χ1) is 9.58. The van der Waals surface area contributed by atoms with Crippen LogP contribution in [-0.2, 0) is 4.79 Å². The van der Waals surface area contributed by atoms with Crippen molar-refractivity contribution in [1.29, 1.82) is 0 Å². The first-order valence-corrected chi connectivity index (χ1v) is 8.66. The van der Waals surface area contributed by atoms with Crippen molar-refractivity contribution in [3.8, 4) is 0 Å². The second-order valence-electron chi connectivity index (χ2n) is 7.03. The van der Waals surface area contributed by atoms with Crippen molar-refractivity contribution < 1.29 is 4.79 Å². The number of rotatable bonds is 5. The van der Waals surface area contributed by atoms with Crippen molar-refractivity contribution in [2.75, 3.05) is 0 Å². The summed E-state index contributed by atoms with van der Waals surface area (Å²) in [5.41, 5.74) is 0. The molecule has 2 rings (SSSR count). The van der Waals surface area contributed by atoms with Crippen molar-refractivity contribution >= 4 is 5.91 Å². The smallest absolute Gasteiger partial charge is 0.241 e. The molecule has 1 saturated heterocycles. The van der Waals surface area contributed by atoms with Crippen LogP contribution in [0.3, 0.4) is 0 Å². The van der Waals surface area contributed by atoms with Crippen LogP contribution in [-0.4, -0.2) is 29.1 Å². The molecule has 0 aromatic heterocycles. The largest absolute Gasteiger partial charge is 0.323 e. The lowest BCUT2D eigenvalue weighted by atomic mass is 9.83. The molecule has 0 aromatic rings. The molecule has 2 unspecified atom stereocenters. The molecule has 1 N–H and O–H groups in total. The molecule has 0 spiro atoms. The van der Waals surface area contributed by atoms with Crippen LogP contribution < -0.4 is 5.32 Å². The number of carbonyl (C=O) groups is 1. The molecule has 3 heteroatoms. The van der Waals surface area contributed by atoms with Gasteiger partial charge in [0.25, 0.3) is 0 Å². The number of nitrogens with one attached hydrogen (secondary N) is 1. The Bertz CT molecular complexity index is 321. The van der Waals surface area contributed by atoms with E-state index in [0.29, 0.717) is 17.9 Å². The van der Waals surface area contributed by atoms with Crippen molar-refractivity contribution in [2.24, 2.45) is 11.8 Å². The summed E-state index contributed by atoms with van der Waals surface area (Å²) in [7, 11) is 0. The number of nitrogens with zero attached hydrogens (tertiary/aromatic N) is 1. The zero-order valence-corrected chi connectivity index (χ0v) is 13.7. The third kappa shape index (κ3) is 3.19. The van der Waals surface area contributed by atoms with Gasteiger partial charge in [0.05, 0.1) is 12.2 Å². The second-order valence-corrected chi connectivity index (χ2v) is 7.03. The molecular weight excluding hydrogens is 248 g/mol. The van der Waals surface area contributed by atoms with E-state index in [1.165, 1.54) is 32.1 Å². The average Bonchev–Trinajstić information content (AvgIpc) is 2.77. The highest BCUT2D eigenvalue weighted by atomic mass is 16.2. The zero-order valence-electron chi connectivity index (χ0n) is 13.7. The molecule has 1 saturated carbocycles. The number of carbonyl (C=O) groups excluding carboxylic acids is 1. The van der Waals surface area contributed by atoms with Crippen LogP contribution in [0.4, 0.5) is 0 Å². The van der Waals surface area contributed by atoms with Gasteiger partial charge in [-0.05, 0) is 43.9 Å². The van der Waals surface area contributed by atoms with Crippen LogP contribution in [0.2, 0.25) is 0 Å². The van der Waals surface area contributed by atoms with Gasteiger partial charge in [-0.25, -0.2) is 0 Å². The molecule has 1 aliphatic carbocycles. The maximum absolute atomic E-state index is 12.7. The maximum atomic E-state index is 12.7. The van der Waals surface area contributed by atoms with Crippen LogP contribution >= 0.6 is 0 Å². The lowest BCUT2D eigenvalue weighted by molar-refractivity contribution is -0.133. The number of hydrogen-bond donors (Lipinski definition) is 1. The van der Waals surface area contributed by atoms with Crippen LogP contribution in [0.15, 0.2) is 0 Å². The average molecular weight is 280 g/mol. The fourth-order valence-corrected chi connectivity index (χ4v) is 3.92. The Hall–Kier alpha value is -0.570. The summed E-state index contributed by atoms with van der Waals surface area (Å²) in [5.74, 6) is 1.75. The first kappa shape index (κ1) is 15.8. The predicted octanol–water partition coefficient (Wildman–Crippen LogP) is 3.54. The van der Waals surface area contributed by atoms with Crippen LogP contribution in [0, 0.1) is 11.8 Å². The lowest BCUT2D eigenvalue weighted by Gasteiger charge is -2.38. The van der Waals surface area contributed by atoms with E-state index in [1.807, 2.05) is 0 Å². The Morgan fingerprint density at radius 3 is 2.35 bits per heavy atom. The molecule has 2 fully saturated rings. The molecule has 0 radical (unpaired) electrons. The second kappa shape index (κ2) is 6.93. The standard InChI is InChI=1S/C17H32N2O/c1-5-7-15-17(20)19(16(18-15)12(3)4)14-10-8-13(6-2)9-11-14/h12-16,18H,5-11H2,1-4H3. The Labute approximate surface area is 124 Å². The molecular formula is C17H32N2O. The van der Waals surface area contributed by atoms with Crippen molar-refractivity contribution in [3.63, 3.8) is 0 Å².